The van der Waals surface area contributed by atoms with E-state index in [2.05, 4.69) is 6.92 Å². The van der Waals surface area contributed by atoms with Crippen LogP contribution in [0, 0.1) is 0 Å². The summed E-state index contributed by atoms with van der Waals surface area (Å²) in [5.41, 5.74) is 0. The lowest BCUT2D eigenvalue weighted by Crippen LogP contribution is -2.08. The first kappa shape index (κ1) is 32.2. The molecule has 0 aliphatic heterocycles. The van der Waals surface area contributed by atoms with Crippen molar-refractivity contribution in [3.05, 3.63) is 0 Å². The van der Waals surface area contributed by atoms with Gasteiger partial charge in [-0.3, -0.25) is 9.59 Å². The van der Waals surface area contributed by atoms with Gasteiger partial charge in [0, 0.05) is 18.7 Å². The van der Waals surface area contributed by atoms with Crippen LogP contribution in [0.15, 0.2) is 0 Å². The summed E-state index contributed by atoms with van der Waals surface area (Å²) in [6, 6.07) is 0. The summed E-state index contributed by atoms with van der Waals surface area (Å²) in [5.74, 6) is 0.456. The van der Waals surface area contributed by atoms with Crippen molar-refractivity contribution in [3.8, 4) is 0 Å². The number of ether oxygens (including phenoxy) is 2. The van der Waals surface area contributed by atoms with Crippen LogP contribution in [-0.2, 0) is 19.1 Å². The van der Waals surface area contributed by atoms with E-state index < -0.39 is 0 Å². The molecule has 0 aromatic heterocycles. The second kappa shape index (κ2) is 27.5. The van der Waals surface area contributed by atoms with Crippen LogP contribution in [0.3, 0.4) is 0 Å². The van der Waals surface area contributed by atoms with E-state index in [-0.39, 0.29) is 11.9 Å². The normalized spacial score (nSPS) is 11.0. The molecule has 0 radical (unpaired) electrons. The molecule has 0 atom stereocenters. The van der Waals surface area contributed by atoms with Crippen LogP contribution in [-0.4, -0.2) is 31.0 Å². The van der Waals surface area contributed by atoms with E-state index in [1.165, 1.54) is 83.5 Å². The maximum Gasteiger partial charge on any atom is 0.305 e. The first-order chi connectivity index (χ1) is 16.2. The summed E-state index contributed by atoms with van der Waals surface area (Å²) in [5, 5.41) is 0. The van der Waals surface area contributed by atoms with Gasteiger partial charge in [-0.05, 0) is 32.1 Å². The van der Waals surface area contributed by atoms with Gasteiger partial charge in [-0.2, -0.15) is 0 Å². The summed E-state index contributed by atoms with van der Waals surface area (Å²) in [7, 11) is 0. The van der Waals surface area contributed by atoms with Crippen molar-refractivity contribution < 1.29 is 19.1 Å². The van der Waals surface area contributed by atoms with E-state index in [4.69, 9.17) is 21.1 Å². The number of unbranched alkanes of at least 4 members (excludes halogenated alkanes) is 17. The fraction of sp³-hybridized carbons (Fsp3) is 0.929. The highest BCUT2D eigenvalue weighted by Gasteiger charge is 2.06. The standard InChI is InChI=1S/C28H53ClO4/c1-2-3-4-5-6-7-8-9-10-12-15-20-25-32-27(30)22-17-18-23-28(31)33-26-21-16-13-11-14-19-24-29/h2-26H2,1H3. The largest absolute Gasteiger partial charge is 0.466 e. The Balaban J connectivity index is 3.27. The predicted octanol–water partition coefficient (Wildman–Crippen LogP) is 8.91. The van der Waals surface area contributed by atoms with Gasteiger partial charge in [0.15, 0.2) is 0 Å². The summed E-state index contributed by atoms with van der Waals surface area (Å²) >= 11 is 5.65. The molecule has 0 amide bonds. The predicted molar refractivity (Wildman–Crippen MR) is 140 cm³/mol. The van der Waals surface area contributed by atoms with E-state index >= 15 is 0 Å². The smallest absolute Gasteiger partial charge is 0.305 e. The quantitative estimate of drug-likeness (QED) is 0.0692. The second-order valence-electron chi connectivity index (χ2n) is 9.35. The summed E-state index contributed by atoms with van der Waals surface area (Å²) in [6.07, 6.45) is 24.5. The SMILES string of the molecule is CCCCCCCCCCCCCCOC(=O)CCCCC(=O)OCCCCCCCCCl. The lowest BCUT2D eigenvalue weighted by atomic mass is 10.1. The number of halogens is 1. The molecule has 0 spiro atoms. The first-order valence-corrected chi connectivity index (χ1v) is 14.6. The van der Waals surface area contributed by atoms with E-state index in [9.17, 15) is 9.59 Å². The lowest BCUT2D eigenvalue weighted by Gasteiger charge is -2.06. The van der Waals surface area contributed by atoms with E-state index in [0.29, 0.717) is 38.9 Å². The zero-order valence-corrected chi connectivity index (χ0v) is 22.4. The highest BCUT2D eigenvalue weighted by Crippen LogP contribution is 2.12. The van der Waals surface area contributed by atoms with Gasteiger partial charge in [0.2, 0.25) is 0 Å². The third-order valence-corrected chi connectivity index (χ3v) is 6.33. The molecule has 5 heteroatoms. The number of carbonyl (C=O) groups is 2. The van der Waals surface area contributed by atoms with E-state index in [1.807, 2.05) is 0 Å². The number of hydrogen-bond donors (Lipinski definition) is 0. The van der Waals surface area contributed by atoms with Crippen molar-refractivity contribution in [2.75, 3.05) is 19.1 Å². The van der Waals surface area contributed by atoms with Gasteiger partial charge in [-0.1, -0.05) is 103 Å². The molecule has 196 valence electrons. The van der Waals surface area contributed by atoms with Crippen LogP contribution in [0.2, 0.25) is 0 Å². The fourth-order valence-corrected chi connectivity index (χ4v) is 4.09. The molecule has 0 aromatic rings. The van der Waals surface area contributed by atoms with Gasteiger partial charge >= 0.3 is 11.9 Å². The molecule has 0 saturated heterocycles. The molecule has 0 N–H and O–H groups in total. The molecule has 0 unspecified atom stereocenters. The zero-order valence-electron chi connectivity index (χ0n) is 21.7. The molecule has 0 fully saturated rings. The monoisotopic (exact) mass is 488 g/mol. The Labute approximate surface area is 209 Å². The Morgan fingerprint density at radius 1 is 0.485 bits per heavy atom. The lowest BCUT2D eigenvalue weighted by molar-refractivity contribution is -0.146. The van der Waals surface area contributed by atoms with Crippen LogP contribution in [0.1, 0.15) is 148 Å². The average molecular weight is 489 g/mol. The third-order valence-electron chi connectivity index (χ3n) is 6.06. The minimum atomic E-state index is -0.151. The molecule has 0 aliphatic carbocycles. The molecular formula is C28H53ClO4. The molecular weight excluding hydrogens is 436 g/mol. The van der Waals surface area contributed by atoms with Gasteiger partial charge in [0.1, 0.15) is 0 Å². The minimum absolute atomic E-state index is 0.138. The number of carbonyl (C=O) groups excluding carboxylic acids is 2. The fourth-order valence-electron chi connectivity index (χ4n) is 3.90. The summed E-state index contributed by atoms with van der Waals surface area (Å²) in [6.45, 7) is 3.30. The molecule has 0 rings (SSSR count). The van der Waals surface area contributed by atoms with Crippen molar-refractivity contribution >= 4 is 23.5 Å². The van der Waals surface area contributed by atoms with Crippen molar-refractivity contribution in [2.45, 2.75) is 148 Å². The zero-order chi connectivity index (χ0) is 24.2. The van der Waals surface area contributed by atoms with Gasteiger partial charge < -0.3 is 9.47 Å². The van der Waals surface area contributed by atoms with Gasteiger partial charge in [-0.15, -0.1) is 11.6 Å². The molecule has 33 heavy (non-hydrogen) atoms. The molecule has 0 aliphatic rings. The van der Waals surface area contributed by atoms with Crippen molar-refractivity contribution in [2.24, 2.45) is 0 Å². The molecule has 0 bridgehead atoms. The molecule has 0 saturated carbocycles. The van der Waals surface area contributed by atoms with Crippen LogP contribution in [0.5, 0.6) is 0 Å². The summed E-state index contributed by atoms with van der Waals surface area (Å²) in [4.78, 5) is 23.5. The Morgan fingerprint density at radius 3 is 1.18 bits per heavy atom. The highest BCUT2D eigenvalue weighted by molar-refractivity contribution is 6.17. The molecule has 4 nitrogen and oxygen atoms in total. The van der Waals surface area contributed by atoms with Crippen LogP contribution < -0.4 is 0 Å². The topological polar surface area (TPSA) is 52.6 Å². The van der Waals surface area contributed by atoms with Gasteiger partial charge in [-0.25, -0.2) is 0 Å². The number of hydrogen-bond acceptors (Lipinski definition) is 4. The Hall–Kier alpha value is -0.770. The third kappa shape index (κ3) is 27.4. The van der Waals surface area contributed by atoms with Crippen molar-refractivity contribution in [1.29, 1.82) is 0 Å². The van der Waals surface area contributed by atoms with Crippen LogP contribution in [0.4, 0.5) is 0 Å². The Kier molecular flexibility index (Phi) is 26.8. The molecule has 0 heterocycles. The first-order valence-electron chi connectivity index (χ1n) is 14.1. The maximum absolute atomic E-state index is 11.8. The number of alkyl halides is 1. The van der Waals surface area contributed by atoms with Gasteiger partial charge in [0.05, 0.1) is 13.2 Å². The molecule has 0 aromatic carbocycles. The Bertz CT molecular complexity index is 428. The highest BCUT2D eigenvalue weighted by atomic mass is 35.5. The van der Waals surface area contributed by atoms with Crippen molar-refractivity contribution in [3.63, 3.8) is 0 Å². The van der Waals surface area contributed by atoms with E-state index in [0.717, 1.165) is 38.0 Å². The summed E-state index contributed by atoms with van der Waals surface area (Å²) < 4.78 is 10.6. The van der Waals surface area contributed by atoms with Crippen LogP contribution >= 0.6 is 11.6 Å². The van der Waals surface area contributed by atoms with E-state index in [1.54, 1.807) is 0 Å². The number of rotatable bonds is 26. The Morgan fingerprint density at radius 2 is 0.818 bits per heavy atom. The number of esters is 2. The van der Waals surface area contributed by atoms with Crippen LogP contribution in [0.25, 0.3) is 0 Å². The second-order valence-corrected chi connectivity index (χ2v) is 9.73. The van der Waals surface area contributed by atoms with Crippen molar-refractivity contribution in [1.82, 2.24) is 0 Å². The minimum Gasteiger partial charge on any atom is -0.466 e. The average Bonchev–Trinajstić information content (AvgIpc) is 2.81. The maximum atomic E-state index is 11.8. The van der Waals surface area contributed by atoms with Gasteiger partial charge in [0.25, 0.3) is 0 Å².